The molecule has 0 radical (unpaired) electrons. The summed E-state index contributed by atoms with van der Waals surface area (Å²) in [5, 5.41) is 0. The highest BCUT2D eigenvalue weighted by Crippen LogP contribution is 2.38. The van der Waals surface area contributed by atoms with E-state index in [0.29, 0.717) is 7.92 Å². The molecule has 0 aromatic heterocycles. The van der Waals surface area contributed by atoms with Crippen LogP contribution in [-0.2, 0) is 9.74 Å². The second-order valence-corrected chi connectivity index (χ2v) is 9.20. The lowest BCUT2D eigenvalue weighted by atomic mass is 10.1. The van der Waals surface area contributed by atoms with E-state index in [1.165, 1.54) is 51.4 Å². The zero-order valence-corrected chi connectivity index (χ0v) is 17.6. The average molecular weight is 365 g/mol. The molecule has 24 heavy (non-hydrogen) atoms. The van der Waals surface area contributed by atoms with E-state index in [0.717, 1.165) is 19.3 Å². The molecular formula is C20H42FO2P. The van der Waals surface area contributed by atoms with Crippen molar-refractivity contribution in [3.05, 3.63) is 0 Å². The van der Waals surface area contributed by atoms with E-state index in [4.69, 9.17) is 0 Å². The molecule has 2 nitrogen and oxygen atoms in total. The summed E-state index contributed by atoms with van der Waals surface area (Å²) in [6.45, 7) is 9.06. The van der Waals surface area contributed by atoms with Crippen LogP contribution in [0.4, 0.5) is 4.53 Å². The minimum atomic E-state index is -0.749. The fourth-order valence-electron chi connectivity index (χ4n) is 2.39. The van der Waals surface area contributed by atoms with Crippen molar-refractivity contribution < 1.29 is 14.3 Å². The maximum atomic E-state index is 11.1. The van der Waals surface area contributed by atoms with Crippen LogP contribution in [0, 0.1) is 0 Å². The summed E-state index contributed by atoms with van der Waals surface area (Å²) in [5.41, 5.74) is 0. The summed E-state index contributed by atoms with van der Waals surface area (Å²) in [7, 11) is 0.422. The van der Waals surface area contributed by atoms with Gasteiger partial charge in [0.15, 0.2) is 0 Å². The predicted molar refractivity (Wildman–Crippen MR) is 107 cm³/mol. The quantitative estimate of drug-likeness (QED) is 0.220. The molecule has 0 heterocycles. The molecule has 0 aliphatic carbocycles. The number of hydrogen-bond donors (Lipinski definition) is 0. The maximum absolute atomic E-state index is 11.1. The molecule has 0 aromatic rings. The largest absolute Gasteiger partial charge is 0.348 e. The van der Waals surface area contributed by atoms with E-state index >= 15 is 0 Å². The van der Waals surface area contributed by atoms with Gasteiger partial charge in [-0.15, -0.1) is 7.92 Å². The van der Waals surface area contributed by atoms with Crippen LogP contribution in [0.5, 0.6) is 0 Å². The summed E-state index contributed by atoms with van der Waals surface area (Å²) < 4.78 is 11.1. The maximum Gasteiger partial charge on any atom is 0.348 e. The van der Waals surface area contributed by atoms with Gasteiger partial charge in [-0.2, -0.15) is 0 Å². The second-order valence-electron chi connectivity index (χ2n) is 6.52. The van der Waals surface area contributed by atoms with Gasteiger partial charge in [-0.3, -0.25) is 4.94 Å². The van der Waals surface area contributed by atoms with Crippen molar-refractivity contribution in [1.82, 2.24) is 0 Å². The van der Waals surface area contributed by atoms with Gasteiger partial charge < -0.3 is 0 Å². The van der Waals surface area contributed by atoms with Crippen LogP contribution in [0.3, 0.4) is 0 Å². The lowest BCUT2D eigenvalue weighted by Crippen LogP contribution is -1.96. The van der Waals surface area contributed by atoms with Crippen molar-refractivity contribution >= 4 is 13.9 Å². The molecular weight excluding hydrogens is 322 g/mol. The normalized spacial score (nSPS) is 10.4. The van der Waals surface area contributed by atoms with E-state index in [1.54, 1.807) is 18.5 Å². The van der Waals surface area contributed by atoms with Crippen LogP contribution in [0.15, 0.2) is 0 Å². The van der Waals surface area contributed by atoms with Gasteiger partial charge in [0.2, 0.25) is 0 Å². The Morgan fingerprint density at radius 1 is 0.708 bits per heavy atom. The lowest BCUT2D eigenvalue weighted by molar-refractivity contribution is -0.183. The summed E-state index contributed by atoms with van der Waals surface area (Å²) in [5.74, 6) is -0.749. The average Bonchev–Trinajstić information content (AvgIpc) is 2.61. The third-order valence-electron chi connectivity index (χ3n) is 4.05. The van der Waals surface area contributed by atoms with Gasteiger partial charge in [-0.25, -0.2) is 4.79 Å². The molecule has 0 aromatic carbocycles. The molecule has 0 spiro atoms. The molecule has 0 aliphatic heterocycles. The lowest BCUT2D eigenvalue weighted by Gasteiger charge is -2.16. The van der Waals surface area contributed by atoms with Crippen molar-refractivity contribution in [3.8, 4) is 0 Å². The van der Waals surface area contributed by atoms with Crippen LogP contribution in [0.25, 0.3) is 0 Å². The molecule has 0 bridgehead atoms. The molecule has 0 unspecified atom stereocenters. The van der Waals surface area contributed by atoms with Crippen LogP contribution >= 0.6 is 7.92 Å². The van der Waals surface area contributed by atoms with E-state index in [-0.39, 0.29) is 6.42 Å². The summed E-state index contributed by atoms with van der Waals surface area (Å²) in [6.07, 6.45) is 18.6. The minimum absolute atomic E-state index is 0.209. The number of carbonyl (C=O) groups excluding carboxylic acids is 1. The molecule has 0 fully saturated rings. The van der Waals surface area contributed by atoms with Crippen molar-refractivity contribution in [1.29, 1.82) is 0 Å². The smallest absolute Gasteiger partial charge is 0.255 e. The Labute approximate surface area is 152 Å². The van der Waals surface area contributed by atoms with Crippen LogP contribution in [0.1, 0.15) is 105 Å². The van der Waals surface area contributed by atoms with Gasteiger partial charge >= 0.3 is 5.97 Å². The predicted octanol–water partition coefficient (Wildman–Crippen LogP) is 7.64. The summed E-state index contributed by atoms with van der Waals surface area (Å²) in [6, 6.07) is 0. The van der Waals surface area contributed by atoms with E-state index in [1.807, 2.05) is 0 Å². The Balaban J connectivity index is 0. The monoisotopic (exact) mass is 364 g/mol. The first-order valence-electron chi connectivity index (χ1n) is 10.2. The van der Waals surface area contributed by atoms with E-state index in [2.05, 4.69) is 32.6 Å². The third-order valence-corrected chi connectivity index (χ3v) is 6.90. The van der Waals surface area contributed by atoms with Gasteiger partial charge in [0.05, 0.1) is 0 Å². The van der Waals surface area contributed by atoms with Gasteiger partial charge in [-0.05, 0) is 44.2 Å². The van der Waals surface area contributed by atoms with Gasteiger partial charge in [-0.1, -0.05) is 72.6 Å². The van der Waals surface area contributed by atoms with Crippen molar-refractivity contribution in [2.24, 2.45) is 0 Å². The third kappa shape index (κ3) is 21.8. The first-order valence-corrected chi connectivity index (χ1v) is 12.1. The molecule has 0 saturated heterocycles. The van der Waals surface area contributed by atoms with Crippen molar-refractivity contribution in [2.45, 2.75) is 105 Å². The second kappa shape index (κ2) is 22.8. The Morgan fingerprint density at radius 3 is 1.50 bits per heavy atom. The molecule has 0 rings (SSSR count). The molecule has 0 N–H and O–H groups in total. The van der Waals surface area contributed by atoms with Gasteiger partial charge in [0.25, 0.3) is 0 Å². The van der Waals surface area contributed by atoms with Crippen LogP contribution in [-0.4, -0.2) is 24.5 Å². The fourth-order valence-corrected chi connectivity index (χ4v) is 5.35. The van der Waals surface area contributed by atoms with E-state index in [9.17, 15) is 9.32 Å². The van der Waals surface area contributed by atoms with Crippen molar-refractivity contribution in [2.75, 3.05) is 18.5 Å². The molecule has 0 aliphatic rings. The van der Waals surface area contributed by atoms with Gasteiger partial charge in [0.1, 0.15) is 0 Å². The molecule has 146 valence electrons. The Kier molecular flexibility index (Phi) is 24.8. The van der Waals surface area contributed by atoms with E-state index < -0.39 is 5.97 Å². The number of hydrogen-bond acceptors (Lipinski definition) is 2. The number of rotatable bonds is 15. The van der Waals surface area contributed by atoms with Gasteiger partial charge in [0, 0.05) is 10.9 Å². The highest BCUT2D eigenvalue weighted by molar-refractivity contribution is 7.57. The first-order chi connectivity index (χ1) is 11.7. The number of unbranched alkanes of at least 4 members (excludes halogenated alkanes) is 7. The number of carbonyl (C=O) groups is 1. The Bertz CT molecular complexity index is 231. The molecule has 4 heteroatoms. The molecule has 0 atom stereocenters. The highest BCUT2D eigenvalue weighted by atomic mass is 31.1. The minimum Gasteiger partial charge on any atom is -0.255 e. The standard InChI is InChI=1S/C12H27P.C8H15FO2/c1-4-7-10-13(11-8-5-2)12-9-6-3;1-2-3-4-5-6-7-8(10)11-9/h4-12H2,1-3H3;2-7H2,1H3. The van der Waals surface area contributed by atoms with Crippen molar-refractivity contribution in [3.63, 3.8) is 0 Å². The molecule has 0 amide bonds. The summed E-state index contributed by atoms with van der Waals surface area (Å²) >= 11 is 0. The molecule has 0 saturated carbocycles. The summed E-state index contributed by atoms with van der Waals surface area (Å²) in [4.78, 5) is 13.3. The highest BCUT2D eigenvalue weighted by Gasteiger charge is 2.05. The zero-order valence-electron chi connectivity index (χ0n) is 16.7. The fraction of sp³-hybridized carbons (Fsp3) is 0.950. The first kappa shape index (κ1) is 26.1. The zero-order chi connectivity index (χ0) is 18.5. The number of halogens is 1. The topological polar surface area (TPSA) is 26.3 Å². The SMILES string of the molecule is CCCCCCCC(=O)OF.CCCCP(CCCC)CCCC. The van der Waals surface area contributed by atoms with Crippen LogP contribution in [0.2, 0.25) is 0 Å². The Morgan fingerprint density at radius 2 is 1.12 bits per heavy atom. The van der Waals surface area contributed by atoms with Crippen LogP contribution < -0.4 is 0 Å². The Hall–Kier alpha value is -0.170.